The molecule has 0 amide bonds. The van der Waals surface area contributed by atoms with Crippen LogP contribution in [0.4, 0.5) is 0 Å². The van der Waals surface area contributed by atoms with Crippen molar-refractivity contribution in [2.45, 2.75) is 19.6 Å². The smallest absolute Gasteiger partial charge is 0.342 e. The van der Waals surface area contributed by atoms with Gasteiger partial charge in [0.15, 0.2) is 6.04 Å². The van der Waals surface area contributed by atoms with Gasteiger partial charge in [-0.3, -0.25) is 0 Å². The van der Waals surface area contributed by atoms with E-state index >= 15 is 0 Å². The van der Waals surface area contributed by atoms with E-state index in [-0.39, 0.29) is 6.61 Å². The number of rotatable bonds is 5. The third kappa shape index (κ3) is 4.49. The van der Waals surface area contributed by atoms with Crippen LogP contribution in [0.25, 0.3) is 0 Å². The fourth-order valence-electron chi connectivity index (χ4n) is 0.928. The summed E-state index contributed by atoms with van der Waals surface area (Å²) in [5, 5.41) is 8.54. The number of benzene rings is 1. The largest absolute Gasteiger partial charge is 0.583 e. The summed E-state index contributed by atoms with van der Waals surface area (Å²) in [5.41, 5.74) is 0.865. The van der Waals surface area contributed by atoms with Crippen LogP contribution in [-0.4, -0.2) is 17.1 Å². The van der Waals surface area contributed by atoms with Crippen LogP contribution in [0.5, 0.6) is 0 Å². The Labute approximate surface area is 94.3 Å². The molecular formula is C10H12NO4P. The first kappa shape index (κ1) is 12.8. The summed E-state index contributed by atoms with van der Waals surface area (Å²) >= 11 is 0. The van der Waals surface area contributed by atoms with Gasteiger partial charge in [-0.2, -0.15) is 4.52 Å². The second-order valence-corrected chi connectivity index (χ2v) is 4.09. The van der Waals surface area contributed by atoms with Crippen molar-refractivity contribution in [3.05, 3.63) is 35.9 Å². The summed E-state index contributed by atoms with van der Waals surface area (Å²) in [6, 6.07) is 8.17. The highest BCUT2D eigenvalue weighted by molar-refractivity contribution is 7.33. The van der Waals surface area contributed by atoms with Gasteiger partial charge in [0.25, 0.3) is 0 Å². The monoisotopic (exact) mass is 241 g/mol. The van der Waals surface area contributed by atoms with E-state index < -0.39 is 20.2 Å². The molecule has 0 saturated carbocycles. The van der Waals surface area contributed by atoms with Crippen LogP contribution in [0.15, 0.2) is 35.1 Å². The van der Waals surface area contributed by atoms with Crippen molar-refractivity contribution in [2.75, 3.05) is 0 Å². The van der Waals surface area contributed by atoms with E-state index in [9.17, 15) is 9.69 Å². The first-order valence-electron chi connectivity index (χ1n) is 4.67. The lowest BCUT2D eigenvalue weighted by Crippen LogP contribution is -2.13. The van der Waals surface area contributed by atoms with Gasteiger partial charge in [-0.25, -0.2) is 4.79 Å². The third-order valence-electron chi connectivity index (χ3n) is 1.81. The molecule has 0 spiro atoms. The van der Waals surface area contributed by atoms with Gasteiger partial charge in [0.1, 0.15) is 6.61 Å². The highest BCUT2D eigenvalue weighted by Gasteiger charge is 2.14. The van der Waals surface area contributed by atoms with Crippen LogP contribution >= 0.6 is 8.17 Å². The zero-order chi connectivity index (χ0) is 12.0. The quantitative estimate of drug-likeness (QED) is 0.792. The lowest BCUT2D eigenvalue weighted by molar-refractivity contribution is -0.177. The summed E-state index contributed by atoms with van der Waals surface area (Å²) in [7, 11) is -2.28. The molecule has 1 aromatic carbocycles. The van der Waals surface area contributed by atoms with E-state index in [1.807, 2.05) is 30.3 Å². The molecule has 0 heterocycles. The molecule has 0 aromatic heterocycles. The molecule has 86 valence electrons. The molecule has 0 aliphatic heterocycles. The van der Waals surface area contributed by atoms with Gasteiger partial charge in [-0.05, 0) is 12.5 Å². The Morgan fingerprint density at radius 2 is 2.19 bits per heavy atom. The third-order valence-corrected chi connectivity index (χ3v) is 2.69. The SMILES string of the molecule is CC(/N=[P+](\[O-])OCc1ccccc1)C(=O)O. The van der Waals surface area contributed by atoms with Crippen molar-refractivity contribution in [3.63, 3.8) is 0 Å². The second kappa shape index (κ2) is 6.33. The summed E-state index contributed by atoms with van der Waals surface area (Å²) in [6.07, 6.45) is 0. The van der Waals surface area contributed by atoms with Crippen LogP contribution < -0.4 is 4.89 Å². The number of aliphatic carboxylic acids is 1. The second-order valence-electron chi connectivity index (χ2n) is 3.13. The summed E-state index contributed by atoms with van der Waals surface area (Å²) in [4.78, 5) is 21.7. The van der Waals surface area contributed by atoms with Crippen molar-refractivity contribution in [1.82, 2.24) is 0 Å². The minimum atomic E-state index is -2.28. The van der Waals surface area contributed by atoms with E-state index in [2.05, 4.69) is 4.74 Å². The predicted molar refractivity (Wildman–Crippen MR) is 57.7 cm³/mol. The molecule has 1 N–H and O–H groups in total. The van der Waals surface area contributed by atoms with Gasteiger partial charge >= 0.3 is 14.1 Å². The maximum atomic E-state index is 11.2. The molecule has 6 heteroatoms. The molecule has 0 radical (unpaired) electrons. The molecule has 0 bridgehead atoms. The van der Waals surface area contributed by atoms with Crippen LogP contribution in [0, 0.1) is 0 Å². The molecule has 0 saturated heterocycles. The molecule has 0 fully saturated rings. The number of carboxylic acids is 1. The highest BCUT2D eigenvalue weighted by Crippen LogP contribution is 2.20. The first-order valence-corrected chi connectivity index (χ1v) is 5.80. The first-order chi connectivity index (χ1) is 7.59. The van der Waals surface area contributed by atoms with Crippen LogP contribution in [0.3, 0.4) is 0 Å². The topological polar surface area (TPSA) is 82.0 Å². The maximum Gasteiger partial charge on any atom is 0.342 e. The number of hydrogen-bond acceptors (Lipinski definition) is 4. The summed E-state index contributed by atoms with van der Waals surface area (Å²) in [6.45, 7) is 1.51. The number of carbonyl (C=O) groups is 1. The summed E-state index contributed by atoms with van der Waals surface area (Å²) in [5.74, 6) is -1.12. The summed E-state index contributed by atoms with van der Waals surface area (Å²) < 4.78 is 8.41. The van der Waals surface area contributed by atoms with Crippen molar-refractivity contribution < 1.29 is 19.3 Å². The number of carboxylic acid groups (broad SMARTS) is 1. The standard InChI is InChI=1S/C10H12NO4P/c1-8(10(12)13)11-16(14)15-7-9-5-3-2-4-6-9/h2-6,8H,7H2,1H3,(H,12,13). The van der Waals surface area contributed by atoms with Gasteiger partial charge in [-0.1, -0.05) is 35.1 Å². The fraction of sp³-hybridized carbons (Fsp3) is 0.300. The Hall–Kier alpha value is -1.29. The molecule has 5 nitrogen and oxygen atoms in total. The zero-order valence-electron chi connectivity index (χ0n) is 8.74. The van der Waals surface area contributed by atoms with Gasteiger partial charge in [0, 0.05) is 0 Å². The average molecular weight is 241 g/mol. The molecular weight excluding hydrogens is 229 g/mol. The highest BCUT2D eigenvalue weighted by atomic mass is 31.1. The van der Waals surface area contributed by atoms with Gasteiger partial charge in [-0.15, -0.1) is 0 Å². The van der Waals surface area contributed by atoms with E-state index in [1.54, 1.807) is 0 Å². The van der Waals surface area contributed by atoms with E-state index in [0.717, 1.165) is 5.56 Å². The van der Waals surface area contributed by atoms with Crippen molar-refractivity contribution in [1.29, 1.82) is 0 Å². The van der Waals surface area contributed by atoms with E-state index in [1.165, 1.54) is 6.92 Å². The Morgan fingerprint density at radius 1 is 1.56 bits per heavy atom. The molecule has 2 atom stereocenters. The Kier molecular flexibility index (Phi) is 5.05. The van der Waals surface area contributed by atoms with Gasteiger partial charge in [0.2, 0.25) is 0 Å². The maximum absolute atomic E-state index is 11.2. The van der Waals surface area contributed by atoms with Crippen LogP contribution in [0.2, 0.25) is 0 Å². The molecule has 1 aromatic rings. The normalized spacial score (nSPS) is 13.5. The number of nitrogens with zero attached hydrogens (tertiary/aromatic N) is 1. The molecule has 1 rings (SSSR count). The van der Waals surface area contributed by atoms with Gasteiger partial charge in [0.05, 0.1) is 0 Å². The Bertz CT molecular complexity index is 380. The molecule has 0 aliphatic carbocycles. The Morgan fingerprint density at radius 3 is 2.75 bits per heavy atom. The van der Waals surface area contributed by atoms with Crippen LogP contribution in [0.1, 0.15) is 12.5 Å². The van der Waals surface area contributed by atoms with Gasteiger partial charge < -0.3 is 10.00 Å². The zero-order valence-corrected chi connectivity index (χ0v) is 9.63. The minimum Gasteiger partial charge on any atom is -0.583 e. The van der Waals surface area contributed by atoms with Crippen molar-refractivity contribution in [2.24, 2.45) is 4.74 Å². The van der Waals surface area contributed by atoms with Crippen LogP contribution in [-0.2, 0) is 15.9 Å². The predicted octanol–water partition coefficient (Wildman–Crippen LogP) is 1.53. The fourth-order valence-corrected chi connectivity index (χ4v) is 1.64. The van der Waals surface area contributed by atoms with Crippen molar-refractivity contribution >= 4 is 14.1 Å². The number of hydrogen-bond donors (Lipinski definition) is 1. The average Bonchev–Trinajstić information content (AvgIpc) is 2.27. The van der Waals surface area contributed by atoms with Crippen molar-refractivity contribution in [3.8, 4) is 0 Å². The Balaban J connectivity index is 2.47. The molecule has 2 unspecified atom stereocenters. The molecule has 0 aliphatic rings. The lowest BCUT2D eigenvalue weighted by atomic mass is 10.2. The minimum absolute atomic E-state index is 0.159. The molecule has 16 heavy (non-hydrogen) atoms. The van der Waals surface area contributed by atoms with E-state index in [0.29, 0.717) is 0 Å². The lowest BCUT2D eigenvalue weighted by Gasteiger charge is -1.99. The van der Waals surface area contributed by atoms with E-state index in [4.69, 9.17) is 9.63 Å².